The molecule has 4 aromatic carbocycles. The summed E-state index contributed by atoms with van der Waals surface area (Å²) in [6.45, 7) is 2.12. The van der Waals surface area contributed by atoms with Gasteiger partial charge < -0.3 is 21.6 Å². The number of hydrogen-bond acceptors (Lipinski definition) is 3. The van der Waals surface area contributed by atoms with Gasteiger partial charge in [-0.3, -0.25) is 0 Å². The number of hydrogen-bond donors (Lipinski definition) is 0. The van der Waals surface area contributed by atoms with Crippen molar-refractivity contribution >= 4 is 45.1 Å². The summed E-state index contributed by atoms with van der Waals surface area (Å²) in [7, 11) is -2.26. The molecule has 0 spiro atoms. The van der Waals surface area contributed by atoms with Crippen LogP contribution in [0.25, 0.3) is 11.1 Å². The van der Waals surface area contributed by atoms with Crippen LogP contribution in [0.3, 0.4) is 0 Å². The molecule has 192 valence electrons. The first-order chi connectivity index (χ1) is 18.1. The molecular weight excluding hydrogens is 579 g/mol. The monoisotopic (exact) mass is 604 g/mol. The first kappa shape index (κ1) is 27.9. The highest BCUT2D eigenvalue weighted by molar-refractivity contribution is 9.10. The van der Waals surface area contributed by atoms with Gasteiger partial charge in [0, 0.05) is 10.0 Å². The number of ether oxygens (including phenoxy) is 1. The van der Waals surface area contributed by atoms with Gasteiger partial charge in [0.05, 0.1) is 12.9 Å². The summed E-state index contributed by atoms with van der Waals surface area (Å²) in [6, 6.07) is 39.6. The summed E-state index contributed by atoms with van der Waals surface area (Å²) in [6.07, 6.45) is 2.25. The van der Waals surface area contributed by atoms with Gasteiger partial charge in [-0.25, -0.2) is 4.79 Å². The van der Waals surface area contributed by atoms with Gasteiger partial charge in [-0.15, -0.1) is 0 Å². The van der Waals surface area contributed by atoms with Crippen molar-refractivity contribution in [2.75, 3.05) is 6.61 Å². The van der Waals surface area contributed by atoms with Crippen molar-refractivity contribution in [2.24, 2.45) is 0 Å². The predicted molar refractivity (Wildman–Crippen MR) is 157 cm³/mol. The Hall–Kier alpha value is -3.17. The number of rotatable bonds is 8. The van der Waals surface area contributed by atoms with Crippen LogP contribution in [0.2, 0.25) is 0 Å². The zero-order valence-electron chi connectivity index (χ0n) is 20.9. The molecule has 0 aliphatic carbocycles. The minimum atomic E-state index is -2.26. The van der Waals surface area contributed by atoms with Gasteiger partial charge in [-0.05, 0) is 61.0 Å². The van der Waals surface area contributed by atoms with Gasteiger partial charge in [0.15, 0.2) is 5.76 Å². The molecule has 0 unspecified atom stereocenters. The fraction of sp³-hybridized carbons (Fsp3) is 0.0938. The molecule has 0 saturated carbocycles. The smallest absolute Gasteiger partial charge is 0.342 e. The molecule has 0 N–H and O–H groups in total. The average molecular weight is 606 g/mol. The summed E-state index contributed by atoms with van der Waals surface area (Å²) in [5.41, 5.74) is 2.15. The highest BCUT2D eigenvalue weighted by Crippen LogP contribution is 2.59. The Morgan fingerprint density at radius 1 is 0.763 bits per heavy atom. The number of carbonyl (C=O) groups is 1. The third-order valence-corrected chi connectivity index (χ3v) is 11.3. The molecule has 0 atom stereocenters. The maximum Gasteiger partial charge on any atom is 0.342 e. The van der Waals surface area contributed by atoms with E-state index in [2.05, 4.69) is 88.7 Å². The molecule has 1 aromatic heterocycles. The molecule has 1 heterocycles. The number of carbonyl (C=O) groups excluding carboxylic acids is 1. The number of furan rings is 1. The van der Waals surface area contributed by atoms with E-state index < -0.39 is 7.26 Å². The van der Waals surface area contributed by atoms with Crippen molar-refractivity contribution < 1.29 is 26.4 Å². The van der Waals surface area contributed by atoms with Crippen LogP contribution in [0.4, 0.5) is 0 Å². The van der Waals surface area contributed by atoms with Gasteiger partial charge in [-0.1, -0.05) is 82.7 Å². The Bertz CT molecular complexity index is 1370. The lowest BCUT2D eigenvalue weighted by molar-refractivity contribution is -0.0000262. The summed E-state index contributed by atoms with van der Waals surface area (Å²) in [4.78, 5) is 13.4. The molecule has 0 aliphatic heterocycles. The summed E-state index contributed by atoms with van der Waals surface area (Å²) < 4.78 is 12.8. The van der Waals surface area contributed by atoms with Crippen LogP contribution in [0.15, 0.2) is 130 Å². The summed E-state index contributed by atoms with van der Waals surface area (Å²) in [5, 5.41) is 3.68. The zero-order chi connectivity index (χ0) is 25.7. The molecule has 0 radical (unpaired) electrons. The van der Waals surface area contributed by atoms with Crippen molar-refractivity contribution in [1.29, 1.82) is 0 Å². The standard InChI is InChI=1S/C32H27BrO3P.ClH/c1-2-35-32(34)31-29(24-18-20-25(33)21-19-24)22-36-30(31)23-37(26-12-6-3-7-13-26,27-14-8-4-9-15-27)28-16-10-5-11-17-28;/h3-22H,2,23H2,1H3;1H/q+1;/p-1. The zero-order valence-corrected chi connectivity index (χ0v) is 24.1. The second-order valence-electron chi connectivity index (χ2n) is 8.65. The van der Waals surface area contributed by atoms with Gasteiger partial charge in [0.2, 0.25) is 0 Å². The highest BCUT2D eigenvalue weighted by atomic mass is 79.9. The van der Waals surface area contributed by atoms with E-state index in [4.69, 9.17) is 9.15 Å². The van der Waals surface area contributed by atoms with Crippen LogP contribution < -0.4 is 28.3 Å². The maximum absolute atomic E-state index is 13.4. The summed E-state index contributed by atoms with van der Waals surface area (Å²) in [5.74, 6) is 0.276. The number of benzene rings is 4. The fourth-order valence-electron chi connectivity index (χ4n) is 4.77. The van der Waals surface area contributed by atoms with Gasteiger partial charge in [-0.2, -0.15) is 0 Å². The lowest BCUT2D eigenvalue weighted by Gasteiger charge is -2.27. The lowest BCUT2D eigenvalue weighted by atomic mass is 10.0. The van der Waals surface area contributed by atoms with Crippen LogP contribution in [-0.2, 0) is 10.9 Å². The van der Waals surface area contributed by atoms with Crippen LogP contribution in [0.1, 0.15) is 23.0 Å². The molecule has 0 aliphatic rings. The quantitative estimate of drug-likeness (QED) is 0.195. The molecular formula is C32H27BrClO3P. The number of halogens is 2. The molecule has 0 saturated heterocycles. The van der Waals surface area contributed by atoms with Crippen LogP contribution in [0, 0.1) is 0 Å². The van der Waals surface area contributed by atoms with Crippen molar-refractivity contribution in [3.05, 3.63) is 137 Å². The Morgan fingerprint density at radius 3 is 1.68 bits per heavy atom. The fourth-order valence-corrected chi connectivity index (χ4v) is 9.18. The molecule has 6 heteroatoms. The average Bonchev–Trinajstić information content (AvgIpc) is 3.37. The van der Waals surface area contributed by atoms with E-state index in [1.807, 2.05) is 49.4 Å². The Balaban J connectivity index is 0.00000336. The van der Waals surface area contributed by atoms with E-state index in [1.54, 1.807) is 6.26 Å². The molecule has 5 rings (SSSR count). The second kappa shape index (κ2) is 12.6. The third kappa shape index (κ3) is 5.49. The highest BCUT2D eigenvalue weighted by Gasteiger charge is 2.47. The first-order valence-corrected chi connectivity index (χ1v) is 15.0. The van der Waals surface area contributed by atoms with E-state index in [0.717, 1.165) is 15.6 Å². The summed E-state index contributed by atoms with van der Waals surface area (Å²) >= 11 is 3.50. The van der Waals surface area contributed by atoms with E-state index in [-0.39, 0.29) is 18.4 Å². The van der Waals surface area contributed by atoms with Crippen LogP contribution >= 0.6 is 23.2 Å². The molecule has 38 heavy (non-hydrogen) atoms. The van der Waals surface area contributed by atoms with Gasteiger partial charge in [0.25, 0.3) is 0 Å². The normalized spacial score (nSPS) is 11.0. The minimum absolute atomic E-state index is 0. The van der Waals surface area contributed by atoms with Crippen LogP contribution in [-0.4, -0.2) is 12.6 Å². The molecule has 0 fully saturated rings. The maximum atomic E-state index is 13.4. The van der Waals surface area contributed by atoms with Gasteiger partial charge in [0.1, 0.15) is 34.9 Å². The lowest BCUT2D eigenvalue weighted by Crippen LogP contribution is -3.00. The van der Waals surface area contributed by atoms with Crippen molar-refractivity contribution in [3.63, 3.8) is 0 Å². The topological polar surface area (TPSA) is 39.4 Å². The molecule has 5 aromatic rings. The predicted octanol–water partition coefficient (Wildman–Crippen LogP) is 4.38. The Morgan fingerprint density at radius 2 is 1.24 bits per heavy atom. The van der Waals surface area contributed by atoms with E-state index in [1.165, 1.54) is 15.9 Å². The van der Waals surface area contributed by atoms with E-state index in [9.17, 15) is 4.79 Å². The van der Waals surface area contributed by atoms with Crippen molar-refractivity contribution in [2.45, 2.75) is 13.1 Å². The SMILES string of the molecule is CCOC(=O)c1c(-c2ccc(Br)cc2)coc1C[P+](c1ccccc1)(c1ccccc1)c1ccccc1.[Cl-]. The Kier molecular flexibility index (Phi) is 9.22. The van der Waals surface area contributed by atoms with Crippen LogP contribution in [0.5, 0.6) is 0 Å². The third-order valence-electron chi connectivity index (χ3n) is 6.47. The van der Waals surface area contributed by atoms with E-state index in [0.29, 0.717) is 24.1 Å². The van der Waals surface area contributed by atoms with Crippen molar-refractivity contribution in [1.82, 2.24) is 0 Å². The van der Waals surface area contributed by atoms with Crippen molar-refractivity contribution in [3.8, 4) is 11.1 Å². The first-order valence-electron chi connectivity index (χ1n) is 12.2. The Labute approximate surface area is 238 Å². The minimum Gasteiger partial charge on any atom is -1.00 e. The van der Waals surface area contributed by atoms with E-state index >= 15 is 0 Å². The molecule has 3 nitrogen and oxygen atoms in total. The number of esters is 1. The molecule has 0 bridgehead atoms. The second-order valence-corrected chi connectivity index (χ2v) is 13.1. The largest absolute Gasteiger partial charge is 1.00 e. The molecule has 0 amide bonds. The van der Waals surface area contributed by atoms with Gasteiger partial charge >= 0.3 is 5.97 Å².